The Labute approximate surface area is 149 Å². The van der Waals surface area contributed by atoms with Gasteiger partial charge in [0.25, 0.3) is 0 Å². The molecule has 0 spiro atoms. The number of carbonyl (C=O) groups is 2. The van der Waals surface area contributed by atoms with Crippen LogP contribution in [0.25, 0.3) is 0 Å². The maximum absolute atomic E-state index is 13.0. The van der Waals surface area contributed by atoms with E-state index in [1.807, 2.05) is 23.6 Å². The molecule has 6 nitrogen and oxygen atoms in total. The van der Waals surface area contributed by atoms with E-state index < -0.39 is 0 Å². The molecule has 1 N–H and O–H groups in total. The molecule has 136 valence electrons. The Bertz CT molecular complexity index is 470. The number of nitrogens with one attached hydrogen (secondary N) is 1. The molecule has 0 aliphatic carbocycles. The molecule has 3 saturated heterocycles. The van der Waals surface area contributed by atoms with Crippen LogP contribution in [0.1, 0.15) is 26.7 Å². The van der Waals surface area contributed by atoms with Crippen molar-refractivity contribution in [1.29, 1.82) is 0 Å². The molecule has 0 aromatic carbocycles. The summed E-state index contributed by atoms with van der Waals surface area (Å²) in [5.74, 6) is 1.71. The van der Waals surface area contributed by atoms with E-state index in [4.69, 9.17) is 0 Å². The largest absolute Gasteiger partial charge is 0.339 e. The first kappa shape index (κ1) is 18.0. The quantitative estimate of drug-likeness (QED) is 0.794. The third-order valence-corrected chi connectivity index (χ3v) is 6.64. The smallest absolute Gasteiger partial charge is 0.246 e. The molecule has 0 bridgehead atoms. The summed E-state index contributed by atoms with van der Waals surface area (Å²) in [6, 6.07) is 0.238. The first-order chi connectivity index (χ1) is 11.6. The lowest BCUT2D eigenvalue weighted by molar-refractivity contribution is -0.144. The van der Waals surface area contributed by atoms with Gasteiger partial charge in [0, 0.05) is 57.0 Å². The van der Waals surface area contributed by atoms with E-state index in [1.165, 1.54) is 0 Å². The molecule has 0 aromatic heterocycles. The van der Waals surface area contributed by atoms with Crippen molar-refractivity contribution in [3.8, 4) is 0 Å². The standard InChI is InChI=1S/C17H30N4O2S/c1-3-13(2)16(22)21-12-24-11-15(21)17(23)20-7-4-14(10-20)19-8-5-18-6-9-19/h13-15,18H,3-12H2,1-2H3. The highest BCUT2D eigenvalue weighted by molar-refractivity contribution is 7.99. The van der Waals surface area contributed by atoms with E-state index in [2.05, 4.69) is 10.2 Å². The van der Waals surface area contributed by atoms with Crippen LogP contribution in [0.2, 0.25) is 0 Å². The first-order valence-corrected chi connectivity index (χ1v) is 10.4. The van der Waals surface area contributed by atoms with Crippen molar-refractivity contribution in [3.63, 3.8) is 0 Å². The van der Waals surface area contributed by atoms with Crippen molar-refractivity contribution >= 4 is 23.6 Å². The fourth-order valence-electron chi connectivity index (χ4n) is 3.82. The molecule has 2 amide bonds. The summed E-state index contributed by atoms with van der Waals surface area (Å²) >= 11 is 1.70. The van der Waals surface area contributed by atoms with Crippen LogP contribution in [0, 0.1) is 5.92 Å². The zero-order valence-corrected chi connectivity index (χ0v) is 15.7. The second-order valence-electron chi connectivity index (χ2n) is 7.15. The fourth-order valence-corrected chi connectivity index (χ4v) is 4.98. The van der Waals surface area contributed by atoms with Crippen molar-refractivity contribution in [2.75, 3.05) is 50.9 Å². The molecule has 3 atom stereocenters. The minimum Gasteiger partial charge on any atom is -0.339 e. The zero-order chi connectivity index (χ0) is 17.1. The van der Waals surface area contributed by atoms with Gasteiger partial charge < -0.3 is 15.1 Å². The van der Waals surface area contributed by atoms with Gasteiger partial charge in [-0.15, -0.1) is 11.8 Å². The van der Waals surface area contributed by atoms with Crippen LogP contribution in [0.15, 0.2) is 0 Å². The molecule has 3 heterocycles. The summed E-state index contributed by atoms with van der Waals surface area (Å²) in [7, 11) is 0. The lowest BCUT2D eigenvalue weighted by Gasteiger charge is -2.33. The molecule has 3 aliphatic rings. The van der Waals surface area contributed by atoms with Crippen LogP contribution in [-0.2, 0) is 9.59 Å². The number of thioether (sulfide) groups is 1. The van der Waals surface area contributed by atoms with Crippen LogP contribution < -0.4 is 5.32 Å². The first-order valence-electron chi connectivity index (χ1n) is 9.23. The van der Waals surface area contributed by atoms with Gasteiger partial charge in [0.15, 0.2) is 0 Å². The van der Waals surface area contributed by atoms with Gasteiger partial charge in [-0.3, -0.25) is 14.5 Å². The zero-order valence-electron chi connectivity index (χ0n) is 14.9. The Balaban J connectivity index is 1.58. The van der Waals surface area contributed by atoms with Crippen molar-refractivity contribution in [2.24, 2.45) is 5.92 Å². The fraction of sp³-hybridized carbons (Fsp3) is 0.882. The summed E-state index contributed by atoms with van der Waals surface area (Å²) < 4.78 is 0. The van der Waals surface area contributed by atoms with E-state index >= 15 is 0 Å². The Morgan fingerprint density at radius 2 is 2.00 bits per heavy atom. The minimum absolute atomic E-state index is 0.00572. The summed E-state index contributed by atoms with van der Waals surface area (Å²) in [5.41, 5.74) is 0. The molecule has 24 heavy (non-hydrogen) atoms. The third kappa shape index (κ3) is 3.73. The highest BCUT2D eigenvalue weighted by Crippen LogP contribution is 2.27. The van der Waals surface area contributed by atoms with Crippen LogP contribution in [-0.4, -0.2) is 89.5 Å². The number of rotatable bonds is 4. The van der Waals surface area contributed by atoms with E-state index in [-0.39, 0.29) is 23.8 Å². The van der Waals surface area contributed by atoms with Crippen molar-refractivity contribution in [3.05, 3.63) is 0 Å². The summed E-state index contributed by atoms with van der Waals surface area (Å²) in [5, 5.41) is 3.38. The van der Waals surface area contributed by atoms with E-state index in [0.717, 1.165) is 57.9 Å². The maximum atomic E-state index is 13.0. The van der Waals surface area contributed by atoms with Gasteiger partial charge in [-0.05, 0) is 12.8 Å². The lowest BCUT2D eigenvalue weighted by atomic mass is 10.1. The van der Waals surface area contributed by atoms with Gasteiger partial charge in [0.05, 0.1) is 5.88 Å². The van der Waals surface area contributed by atoms with Crippen LogP contribution in [0.3, 0.4) is 0 Å². The van der Waals surface area contributed by atoms with E-state index in [1.54, 1.807) is 11.8 Å². The maximum Gasteiger partial charge on any atom is 0.246 e. The molecule has 7 heteroatoms. The third-order valence-electron chi connectivity index (χ3n) is 5.63. The van der Waals surface area contributed by atoms with Crippen LogP contribution in [0.4, 0.5) is 0 Å². The highest BCUT2D eigenvalue weighted by atomic mass is 32.2. The highest BCUT2D eigenvalue weighted by Gasteiger charge is 2.40. The molecular formula is C17H30N4O2S. The molecule has 3 rings (SSSR count). The predicted molar refractivity (Wildman–Crippen MR) is 96.8 cm³/mol. The van der Waals surface area contributed by atoms with Gasteiger partial charge in [0.1, 0.15) is 6.04 Å². The van der Waals surface area contributed by atoms with Crippen LogP contribution >= 0.6 is 11.8 Å². The second kappa shape index (κ2) is 8.06. The SMILES string of the molecule is CCC(C)C(=O)N1CSCC1C(=O)N1CCC(N2CCNCC2)C1. The van der Waals surface area contributed by atoms with Gasteiger partial charge >= 0.3 is 0 Å². The second-order valence-corrected chi connectivity index (χ2v) is 8.15. The van der Waals surface area contributed by atoms with Gasteiger partial charge in [-0.25, -0.2) is 0 Å². The number of hydrogen-bond donors (Lipinski definition) is 1. The van der Waals surface area contributed by atoms with E-state index in [9.17, 15) is 9.59 Å². The topological polar surface area (TPSA) is 55.9 Å². The number of hydrogen-bond acceptors (Lipinski definition) is 5. The Morgan fingerprint density at radius 1 is 1.25 bits per heavy atom. The molecule has 0 aromatic rings. The molecule has 3 fully saturated rings. The summed E-state index contributed by atoms with van der Waals surface area (Å²) in [4.78, 5) is 31.9. The number of nitrogens with zero attached hydrogens (tertiary/aromatic N) is 3. The number of piperazine rings is 1. The molecule has 3 aliphatic heterocycles. The average molecular weight is 355 g/mol. The molecular weight excluding hydrogens is 324 g/mol. The van der Waals surface area contributed by atoms with Crippen LogP contribution in [0.5, 0.6) is 0 Å². The van der Waals surface area contributed by atoms with E-state index in [0.29, 0.717) is 11.9 Å². The van der Waals surface area contributed by atoms with Crippen molar-refractivity contribution < 1.29 is 9.59 Å². The van der Waals surface area contributed by atoms with Gasteiger partial charge in [0.2, 0.25) is 11.8 Å². The predicted octanol–water partition coefficient (Wildman–Crippen LogP) is 0.440. The Kier molecular flexibility index (Phi) is 6.05. The average Bonchev–Trinajstić information content (AvgIpc) is 3.30. The van der Waals surface area contributed by atoms with Crippen molar-refractivity contribution in [1.82, 2.24) is 20.0 Å². The van der Waals surface area contributed by atoms with Gasteiger partial charge in [-0.2, -0.15) is 0 Å². The Morgan fingerprint density at radius 3 is 2.71 bits per heavy atom. The summed E-state index contributed by atoms with van der Waals surface area (Å²) in [6.45, 7) is 9.88. The van der Waals surface area contributed by atoms with Gasteiger partial charge in [-0.1, -0.05) is 13.8 Å². The monoisotopic (exact) mass is 354 g/mol. The molecule has 0 saturated carbocycles. The lowest BCUT2D eigenvalue weighted by Crippen LogP contribution is -2.52. The summed E-state index contributed by atoms with van der Waals surface area (Å²) in [6.07, 6.45) is 1.89. The Hall–Kier alpha value is -0.790. The molecule has 0 radical (unpaired) electrons. The minimum atomic E-state index is -0.252. The normalized spacial score (nSPS) is 29.9. The number of likely N-dealkylation sites (tertiary alicyclic amines) is 1. The number of amides is 2. The van der Waals surface area contributed by atoms with Crippen molar-refractivity contribution in [2.45, 2.75) is 38.8 Å². The molecule has 3 unspecified atom stereocenters. The number of carbonyl (C=O) groups excluding carboxylic acids is 2.